The minimum atomic E-state index is 0.462. The molecule has 0 heterocycles. The van der Waals surface area contributed by atoms with Crippen LogP contribution in [0.3, 0.4) is 0 Å². The third kappa shape index (κ3) is 1.17. The molecule has 0 aromatic heterocycles. The lowest BCUT2D eigenvalue weighted by Crippen LogP contribution is -2.12. The van der Waals surface area contributed by atoms with Gasteiger partial charge >= 0.3 is 0 Å². The number of rotatable bonds is 0. The van der Waals surface area contributed by atoms with Gasteiger partial charge in [0.05, 0.1) is 0 Å². The Morgan fingerprint density at radius 1 is 1.56 bits per heavy atom. The van der Waals surface area contributed by atoms with Gasteiger partial charge in [-0.3, -0.25) is 0 Å². The van der Waals surface area contributed by atoms with Gasteiger partial charge in [0.15, 0.2) is 0 Å². The molecule has 0 aromatic carbocycles. The molecule has 0 aliphatic heterocycles. The van der Waals surface area contributed by atoms with Crippen LogP contribution in [-0.2, 0) is 0 Å². The maximum absolute atomic E-state index is 2.40. The van der Waals surface area contributed by atoms with Crippen molar-refractivity contribution in [2.45, 2.75) is 34.1 Å². The topological polar surface area (TPSA) is 0 Å². The fraction of sp³-hybridized carbons (Fsp3) is 0.778. The highest BCUT2D eigenvalue weighted by Crippen LogP contribution is 2.39. The molecule has 1 rings (SSSR count). The van der Waals surface area contributed by atoms with Crippen LogP contribution in [0, 0.1) is 11.3 Å². The molecule has 52 valence electrons. The molecular weight excluding hydrogens is 108 g/mol. The summed E-state index contributed by atoms with van der Waals surface area (Å²) in [5.41, 5.74) is 2.02. The van der Waals surface area contributed by atoms with E-state index in [4.69, 9.17) is 0 Å². The number of allylic oxidation sites excluding steroid dienone is 2. The Bertz CT molecular complexity index is 140. The van der Waals surface area contributed by atoms with Crippen LogP contribution < -0.4 is 0 Å². The maximum Gasteiger partial charge on any atom is -0.0144 e. The highest BCUT2D eigenvalue weighted by atomic mass is 14.3. The molecule has 1 aliphatic carbocycles. The number of hydrogen-bond donors (Lipinski definition) is 0. The van der Waals surface area contributed by atoms with Crippen LogP contribution >= 0.6 is 0 Å². The molecule has 0 amide bonds. The summed E-state index contributed by atoms with van der Waals surface area (Å²) in [5.74, 6) is 0.845. The predicted molar refractivity (Wildman–Crippen MR) is 41.3 cm³/mol. The van der Waals surface area contributed by atoms with Gasteiger partial charge in [-0.05, 0) is 24.7 Å². The minimum absolute atomic E-state index is 0.462. The normalized spacial score (nSPS) is 32.4. The molecule has 0 saturated carbocycles. The van der Waals surface area contributed by atoms with Crippen LogP contribution in [0.4, 0.5) is 0 Å². The Hall–Kier alpha value is -0.260. The summed E-state index contributed by atoms with van der Waals surface area (Å²) in [6.45, 7) is 9.18. The summed E-state index contributed by atoms with van der Waals surface area (Å²) in [6.07, 6.45) is 3.70. The molecule has 0 nitrogen and oxygen atoms in total. The van der Waals surface area contributed by atoms with E-state index in [-0.39, 0.29) is 0 Å². The third-order valence-electron chi connectivity index (χ3n) is 2.52. The highest BCUT2D eigenvalue weighted by Gasteiger charge is 2.28. The molecule has 0 saturated heterocycles. The Kier molecular flexibility index (Phi) is 1.42. The monoisotopic (exact) mass is 124 g/mol. The van der Waals surface area contributed by atoms with E-state index in [0.29, 0.717) is 5.41 Å². The first-order valence-electron chi connectivity index (χ1n) is 3.71. The highest BCUT2D eigenvalue weighted by molar-refractivity contribution is 5.14. The van der Waals surface area contributed by atoms with E-state index in [1.165, 1.54) is 6.42 Å². The van der Waals surface area contributed by atoms with Crippen molar-refractivity contribution in [3.8, 4) is 0 Å². The van der Waals surface area contributed by atoms with Gasteiger partial charge in [0, 0.05) is 0 Å². The van der Waals surface area contributed by atoms with Crippen LogP contribution in [0.25, 0.3) is 0 Å². The summed E-state index contributed by atoms with van der Waals surface area (Å²) in [4.78, 5) is 0. The van der Waals surface area contributed by atoms with Crippen molar-refractivity contribution in [1.82, 2.24) is 0 Å². The van der Waals surface area contributed by atoms with Crippen molar-refractivity contribution >= 4 is 0 Å². The fourth-order valence-corrected chi connectivity index (χ4v) is 1.58. The maximum atomic E-state index is 2.40. The van der Waals surface area contributed by atoms with Gasteiger partial charge < -0.3 is 0 Å². The summed E-state index contributed by atoms with van der Waals surface area (Å²) in [5, 5.41) is 0. The summed E-state index contributed by atoms with van der Waals surface area (Å²) in [7, 11) is 0. The third-order valence-corrected chi connectivity index (χ3v) is 2.52. The van der Waals surface area contributed by atoms with E-state index in [0.717, 1.165) is 5.92 Å². The van der Waals surface area contributed by atoms with Gasteiger partial charge in [-0.25, -0.2) is 0 Å². The molecule has 1 aliphatic rings. The van der Waals surface area contributed by atoms with E-state index in [1.54, 1.807) is 5.57 Å². The van der Waals surface area contributed by atoms with Crippen LogP contribution in [0.2, 0.25) is 0 Å². The first kappa shape index (κ1) is 6.85. The molecule has 0 aromatic rings. The predicted octanol–water partition coefficient (Wildman–Crippen LogP) is 3.00. The summed E-state index contributed by atoms with van der Waals surface area (Å²) in [6, 6.07) is 0. The van der Waals surface area contributed by atoms with Gasteiger partial charge in [-0.2, -0.15) is 0 Å². The van der Waals surface area contributed by atoms with Crippen molar-refractivity contribution in [3.05, 3.63) is 11.6 Å². The Labute approximate surface area is 58.0 Å². The van der Waals surface area contributed by atoms with Gasteiger partial charge in [0.2, 0.25) is 0 Å². The Balaban J connectivity index is 2.76. The van der Waals surface area contributed by atoms with E-state index in [2.05, 4.69) is 33.8 Å². The average molecular weight is 124 g/mol. The molecule has 0 spiro atoms. The minimum Gasteiger partial charge on any atom is -0.0796 e. The van der Waals surface area contributed by atoms with Crippen molar-refractivity contribution < 1.29 is 0 Å². The van der Waals surface area contributed by atoms with Crippen molar-refractivity contribution in [2.24, 2.45) is 11.3 Å². The number of hydrogen-bond acceptors (Lipinski definition) is 0. The standard InChI is InChI=1S/C9H16/c1-7-5-8(2)9(3,4)6-7/h6,8H,5H2,1-4H3/t8-/m0/s1. The Morgan fingerprint density at radius 3 is 2.22 bits per heavy atom. The Morgan fingerprint density at radius 2 is 2.11 bits per heavy atom. The molecule has 0 radical (unpaired) electrons. The molecule has 9 heavy (non-hydrogen) atoms. The molecular formula is C9H16. The lowest BCUT2D eigenvalue weighted by atomic mass is 9.84. The summed E-state index contributed by atoms with van der Waals surface area (Å²) >= 11 is 0. The largest absolute Gasteiger partial charge is 0.0796 e. The molecule has 0 heteroatoms. The van der Waals surface area contributed by atoms with E-state index in [1.807, 2.05) is 0 Å². The zero-order valence-electron chi connectivity index (χ0n) is 6.86. The van der Waals surface area contributed by atoms with E-state index < -0.39 is 0 Å². The molecule has 0 N–H and O–H groups in total. The summed E-state index contributed by atoms with van der Waals surface area (Å²) < 4.78 is 0. The van der Waals surface area contributed by atoms with E-state index in [9.17, 15) is 0 Å². The van der Waals surface area contributed by atoms with E-state index >= 15 is 0 Å². The van der Waals surface area contributed by atoms with Crippen LogP contribution in [-0.4, -0.2) is 0 Å². The fourth-order valence-electron chi connectivity index (χ4n) is 1.58. The second kappa shape index (κ2) is 1.86. The first-order valence-corrected chi connectivity index (χ1v) is 3.71. The second-order valence-electron chi connectivity index (χ2n) is 3.92. The van der Waals surface area contributed by atoms with Gasteiger partial charge in [-0.1, -0.05) is 32.4 Å². The second-order valence-corrected chi connectivity index (χ2v) is 3.92. The lowest BCUT2D eigenvalue weighted by Gasteiger charge is -2.21. The van der Waals surface area contributed by atoms with Crippen molar-refractivity contribution in [1.29, 1.82) is 0 Å². The van der Waals surface area contributed by atoms with Crippen LogP contribution in [0.15, 0.2) is 11.6 Å². The van der Waals surface area contributed by atoms with Gasteiger partial charge in [0.25, 0.3) is 0 Å². The lowest BCUT2D eigenvalue weighted by molar-refractivity contribution is 0.334. The first-order chi connectivity index (χ1) is 4.02. The van der Waals surface area contributed by atoms with Crippen LogP contribution in [0.1, 0.15) is 34.1 Å². The van der Waals surface area contributed by atoms with Crippen LogP contribution in [0.5, 0.6) is 0 Å². The zero-order chi connectivity index (χ0) is 7.07. The quantitative estimate of drug-likeness (QED) is 0.435. The van der Waals surface area contributed by atoms with Crippen molar-refractivity contribution in [2.75, 3.05) is 0 Å². The van der Waals surface area contributed by atoms with Gasteiger partial charge in [0.1, 0.15) is 0 Å². The smallest absolute Gasteiger partial charge is 0.0144 e. The SMILES string of the molecule is CC1=CC(C)(C)[C@@H](C)C1. The zero-order valence-corrected chi connectivity index (χ0v) is 6.86. The average Bonchev–Trinajstić information content (AvgIpc) is 1.79. The molecule has 0 unspecified atom stereocenters. The van der Waals surface area contributed by atoms with Gasteiger partial charge in [-0.15, -0.1) is 0 Å². The van der Waals surface area contributed by atoms with Crippen molar-refractivity contribution in [3.63, 3.8) is 0 Å². The molecule has 0 bridgehead atoms. The molecule has 0 fully saturated rings. The molecule has 1 atom stereocenters.